The molecule has 0 saturated heterocycles. The van der Waals surface area contributed by atoms with Gasteiger partial charge in [0, 0.05) is 6.54 Å². The number of methoxy groups -OCH3 is 1. The van der Waals surface area contributed by atoms with Gasteiger partial charge in [-0.05, 0) is 58.2 Å². The van der Waals surface area contributed by atoms with Crippen molar-refractivity contribution < 1.29 is 17.5 Å². The van der Waals surface area contributed by atoms with Crippen LogP contribution in [-0.4, -0.2) is 15.5 Å². The van der Waals surface area contributed by atoms with Gasteiger partial charge in [-0.3, -0.25) is 0 Å². The molecule has 0 unspecified atom stereocenters. The summed E-state index contributed by atoms with van der Waals surface area (Å²) in [6, 6.07) is 8.99. The van der Waals surface area contributed by atoms with E-state index in [2.05, 4.69) is 20.7 Å². The molecular formula is C15H15BrFNO3S. The van der Waals surface area contributed by atoms with Crippen LogP contribution in [0.2, 0.25) is 0 Å². The number of hydrogen-bond donors (Lipinski definition) is 1. The summed E-state index contributed by atoms with van der Waals surface area (Å²) in [4.78, 5) is 0.124. The van der Waals surface area contributed by atoms with Gasteiger partial charge in [0.25, 0.3) is 0 Å². The van der Waals surface area contributed by atoms with Crippen molar-refractivity contribution in [2.75, 3.05) is 7.11 Å². The minimum absolute atomic E-state index is 0.0904. The van der Waals surface area contributed by atoms with Gasteiger partial charge in [-0.25, -0.2) is 17.5 Å². The lowest BCUT2D eigenvalue weighted by Crippen LogP contribution is -2.23. The van der Waals surface area contributed by atoms with Crippen LogP contribution < -0.4 is 9.46 Å². The molecule has 4 nitrogen and oxygen atoms in total. The molecule has 0 aliphatic heterocycles. The van der Waals surface area contributed by atoms with E-state index in [0.717, 1.165) is 0 Å². The van der Waals surface area contributed by atoms with Crippen LogP contribution in [0.3, 0.4) is 0 Å². The lowest BCUT2D eigenvalue weighted by atomic mass is 10.1. The van der Waals surface area contributed by atoms with Gasteiger partial charge in [-0.2, -0.15) is 0 Å². The minimum atomic E-state index is -3.66. The highest BCUT2D eigenvalue weighted by Crippen LogP contribution is 2.27. The molecule has 1 N–H and O–H groups in total. The van der Waals surface area contributed by atoms with Gasteiger partial charge < -0.3 is 4.74 Å². The van der Waals surface area contributed by atoms with Crippen molar-refractivity contribution in [1.82, 2.24) is 4.72 Å². The zero-order chi connectivity index (χ0) is 16.3. The third-order valence-corrected chi connectivity index (χ3v) is 5.14. The van der Waals surface area contributed by atoms with Crippen LogP contribution in [0.5, 0.6) is 5.75 Å². The average Bonchev–Trinajstić information content (AvgIpc) is 2.48. The first-order valence-corrected chi connectivity index (χ1v) is 8.69. The molecule has 2 aromatic carbocycles. The maximum Gasteiger partial charge on any atom is 0.240 e. The molecule has 0 amide bonds. The molecule has 0 aromatic heterocycles. The highest BCUT2D eigenvalue weighted by molar-refractivity contribution is 9.10. The molecule has 0 saturated carbocycles. The van der Waals surface area contributed by atoms with Crippen LogP contribution in [0, 0.1) is 12.7 Å². The third-order valence-electron chi connectivity index (χ3n) is 3.12. The topological polar surface area (TPSA) is 55.4 Å². The first-order chi connectivity index (χ1) is 10.3. The molecule has 2 rings (SSSR count). The molecule has 0 bridgehead atoms. The fourth-order valence-electron chi connectivity index (χ4n) is 1.89. The van der Waals surface area contributed by atoms with Crippen LogP contribution in [0.4, 0.5) is 4.39 Å². The van der Waals surface area contributed by atoms with Crippen molar-refractivity contribution in [3.8, 4) is 5.75 Å². The number of sulfonamides is 1. The summed E-state index contributed by atoms with van der Waals surface area (Å²) in [6.45, 7) is 1.72. The van der Waals surface area contributed by atoms with E-state index in [-0.39, 0.29) is 17.3 Å². The smallest absolute Gasteiger partial charge is 0.240 e. The Bertz CT molecular complexity index is 793. The normalized spacial score (nSPS) is 11.5. The van der Waals surface area contributed by atoms with Crippen molar-refractivity contribution in [3.63, 3.8) is 0 Å². The van der Waals surface area contributed by atoms with E-state index in [1.54, 1.807) is 25.1 Å². The number of rotatable bonds is 5. The monoisotopic (exact) mass is 387 g/mol. The quantitative estimate of drug-likeness (QED) is 0.855. The van der Waals surface area contributed by atoms with Crippen molar-refractivity contribution in [1.29, 1.82) is 0 Å². The Morgan fingerprint density at radius 3 is 2.55 bits per heavy atom. The number of hydrogen-bond acceptors (Lipinski definition) is 3. The third kappa shape index (κ3) is 3.85. The Hall–Kier alpha value is -1.44. The van der Waals surface area contributed by atoms with E-state index in [0.29, 0.717) is 21.3 Å². The fourth-order valence-corrected chi connectivity index (χ4v) is 3.63. The van der Waals surface area contributed by atoms with E-state index in [1.165, 1.54) is 25.3 Å². The van der Waals surface area contributed by atoms with E-state index in [9.17, 15) is 12.8 Å². The molecule has 0 aliphatic rings. The van der Waals surface area contributed by atoms with Gasteiger partial charge in [-0.1, -0.05) is 12.1 Å². The number of halogens is 2. The highest BCUT2D eigenvalue weighted by atomic mass is 79.9. The summed E-state index contributed by atoms with van der Waals surface area (Å²) in [5, 5.41) is 0. The largest absolute Gasteiger partial charge is 0.496 e. The first kappa shape index (κ1) is 16.9. The average molecular weight is 388 g/mol. The van der Waals surface area contributed by atoms with Gasteiger partial charge in [0.05, 0.1) is 16.5 Å². The van der Waals surface area contributed by atoms with E-state index in [1.807, 2.05) is 0 Å². The molecular weight excluding hydrogens is 373 g/mol. The Morgan fingerprint density at radius 2 is 1.95 bits per heavy atom. The summed E-state index contributed by atoms with van der Waals surface area (Å²) in [5.41, 5.74) is 1.17. The Morgan fingerprint density at radius 1 is 1.23 bits per heavy atom. The van der Waals surface area contributed by atoms with Crippen molar-refractivity contribution in [2.45, 2.75) is 18.4 Å². The molecule has 118 valence electrons. The maximum absolute atomic E-state index is 13.2. The molecule has 0 heterocycles. The van der Waals surface area contributed by atoms with Crippen LogP contribution in [-0.2, 0) is 16.6 Å². The Kier molecular flexibility index (Phi) is 5.20. The SMILES string of the molecule is COc1ccc(S(=O)(=O)NCc2ccc(F)c(C)c2)cc1Br. The van der Waals surface area contributed by atoms with E-state index >= 15 is 0 Å². The predicted octanol–water partition coefficient (Wildman–Crippen LogP) is 3.38. The fraction of sp³-hybridized carbons (Fsp3) is 0.200. The van der Waals surface area contributed by atoms with Crippen LogP contribution >= 0.6 is 15.9 Å². The summed E-state index contributed by atoms with van der Waals surface area (Å²) in [5.74, 6) is 0.235. The molecule has 0 fully saturated rings. The summed E-state index contributed by atoms with van der Waals surface area (Å²) < 4.78 is 45.8. The summed E-state index contributed by atoms with van der Waals surface area (Å²) in [6.07, 6.45) is 0. The van der Waals surface area contributed by atoms with Crippen molar-refractivity contribution in [3.05, 3.63) is 57.8 Å². The van der Waals surface area contributed by atoms with Gasteiger partial charge in [-0.15, -0.1) is 0 Å². The van der Waals surface area contributed by atoms with Gasteiger partial charge in [0.2, 0.25) is 10.0 Å². The number of aryl methyl sites for hydroxylation is 1. The number of nitrogens with one attached hydrogen (secondary N) is 1. The highest BCUT2D eigenvalue weighted by Gasteiger charge is 2.15. The summed E-state index contributed by atoms with van der Waals surface area (Å²) >= 11 is 3.25. The molecule has 0 atom stereocenters. The van der Waals surface area contributed by atoms with E-state index < -0.39 is 10.0 Å². The van der Waals surface area contributed by atoms with Gasteiger partial charge in [0.15, 0.2) is 0 Å². The standard InChI is InChI=1S/C15H15BrFNO3S/c1-10-7-11(3-5-14(10)17)9-18-22(19,20)12-4-6-15(21-2)13(16)8-12/h3-8,18H,9H2,1-2H3. The van der Waals surface area contributed by atoms with Gasteiger partial charge >= 0.3 is 0 Å². The van der Waals surface area contributed by atoms with E-state index in [4.69, 9.17) is 4.74 Å². The molecule has 0 spiro atoms. The van der Waals surface area contributed by atoms with Crippen LogP contribution in [0.15, 0.2) is 45.8 Å². The predicted molar refractivity (Wildman–Crippen MR) is 85.9 cm³/mol. The molecule has 22 heavy (non-hydrogen) atoms. The maximum atomic E-state index is 13.2. The lowest BCUT2D eigenvalue weighted by molar-refractivity contribution is 0.411. The van der Waals surface area contributed by atoms with Crippen LogP contribution in [0.25, 0.3) is 0 Å². The van der Waals surface area contributed by atoms with Crippen LogP contribution in [0.1, 0.15) is 11.1 Å². The first-order valence-electron chi connectivity index (χ1n) is 6.42. The summed E-state index contributed by atoms with van der Waals surface area (Å²) in [7, 11) is -2.15. The second-order valence-electron chi connectivity index (χ2n) is 4.70. The molecule has 0 aliphatic carbocycles. The molecule has 0 radical (unpaired) electrons. The second-order valence-corrected chi connectivity index (χ2v) is 7.33. The number of ether oxygens (including phenoxy) is 1. The molecule has 7 heteroatoms. The number of benzene rings is 2. The minimum Gasteiger partial charge on any atom is -0.496 e. The molecule has 2 aromatic rings. The zero-order valence-corrected chi connectivity index (χ0v) is 14.5. The Labute approximate surface area is 137 Å². The van der Waals surface area contributed by atoms with Gasteiger partial charge in [0.1, 0.15) is 11.6 Å². The van der Waals surface area contributed by atoms with Crippen molar-refractivity contribution >= 4 is 26.0 Å². The van der Waals surface area contributed by atoms with Crippen molar-refractivity contribution in [2.24, 2.45) is 0 Å². The lowest BCUT2D eigenvalue weighted by Gasteiger charge is -2.09. The zero-order valence-electron chi connectivity index (χ0n) is 12.1. The Balaban J connectivity index is 2.17. The second kappa shape index (κ2) is 6.76.